The number of rotatable bonds is 4. The maximum Gasteiger partial charge on any atom is 0.117 e. The van der Waals surface area contributed by atoms with Gasteiger partial charge in [0.1, 0.15) is 5.60 Å². The van der Waals surface area contributed by atoms with E-state index in [1.165, 1.54) is 32.1 Å². The minimum absolute atomic E-state index is 0.129. The second-order valence-electron chi connectivity index (χ2n) is 13.2. The van der Waals surface area contributed by atoms with E-state index in [1.807, 2.05) is 12.1 Å². The molecule has 3 saturated carbocycles. The second-order valence-corrected chi connectivity index (χ2v) is 13.2. The molecule has 6 rings (SSSR count). The van der Waals surface area contributed by atoms with Crippen molar-refractivity contribution in [3.63, 3.8) is 0 Å². The Morgan fingerprint density at radius 3 is 2.11 bits per heavy atom. The van der Waals surface area contributed by atoms with Crippen LogP contribution in [0.5, 0.6) is 0 Å². The minimum Gasteiger partial charge on any atom is -0.393 e. The van der Waals surface area contributed by atoms with Gasteiger partial charge in [-0.05, 0) is 103 Å². The van der Waals surface area contributed by atoms with Gasteiger partial charge in [-0.3, -0.25) is 0 Å². The molecule has 0 amide bonds. The molecule has 0 unspecified atom stereocenters. The van der Waals surface area contributed by atoms with Gasteiger partial charge in [0, 0.05) is 0 Å². The lowest BCUT2D eigenvalue weighted by Gasteiger charge is -2.59. The molecule has 192 valence electrons. The van der Waals surface area contributed by atoms with Crippen molar-refractivity contribution in [2.75, 3.05) is 0 Å². The number of aliphatic hydroxyl groups excluding tert-OH is 1. The molecule has 3 fully saturated rings. The molecule has 0 radical (unpaired) electrons. The van der Waals surface area contributed by atoms with Gasteiger partial charge in [0.15, 0.2) is 0 Å². The summed E-state index contributed by atoms with van der Waals surface area (Å²) in [7, 11) is 0. The Bertz CT molecular complexity index is 1070. The third-order valence-corrected chi connectivity index (χ3v) is 11.8. The molecule has 0 spiro atoms. The Labute approximate surface area is 217 Å². The van der Waals surface area contributed by atoms with Gasteiger partial charge in [-0.15, -0.1) is 0 Å². The van der Waals surface area contributed by atoms with Crippen LogP contribution in [0.2, 0.25) is 0 Å². The van der Waals surface area contributed by atoms with Crippen LogP contribution in [0, 0.1) is 40.4 Å². The molecule has 36 heavy (non-hydrogen) atoms. The highest BCUT2D eigenvalue weighted by Gasteiger charge is 2.61. The minimum atomic E-state index is -0.993. The number of allylic oxidation sites excluding steroid dienone is 1. The molecule has 2 heteroatoms. The van der Waals surface area contributed by atoms with E-state index in [1.54, 1.807) is 5.57 Å². The van der Waals surface area contributed by atoms with E-state index in [2.05, 4.69) is 75.4 Å². The Hall–Kier alpha value is -1.90. The lowest BCUT2D eigenvalue weighted by atomic mass is 9.46. The predicted octanol–water partition coefficient (Wildman–Crippen LogP) is 7.50. The van der Waals surface area contributed by atoms with Crippen molar-refractivity contribution in [2.24, 2.45) is 40.4 Å². The molecular formula is C34H44O2. The first-order valence-corrected chi connectivity index (χ1v) is 14.5. The number of benzene rings is 2. The van der Waals surface area contributed by atoms with Crippen LogP contribution in [0.1, 0.15) is 83.3 Å². The van der Waals surface area contributed by atoms with E-state index < -0.39 is 5.60 Å². The van der Waals surface area contributed by atoms with E-state index in [-0.39, 0.29) is 22.9 Å². The normalized spacial score (nSPS) is 38.9. The summed E-state index contributed by atoms with van der Waals surface area (Å²) in [6, 6.07) is 20.8. The molecule has 4 aliphatic carbocycles. The van der Waals surface area contributed by atoms with Crippen LogP contribution in [-0.4, -0.2) is 16.3 Å². The average Bonchev–Trinajstić information content (AvgIpc) is 3.26. The van der Waals surface area contributed by atoms with Gasteiger partial charge >= 0.3 is 0 Å². The number of hydrogen-bond acceptors (Lipinski definition) is 2. The Morgan fingerprint density at radius 2 is 1.47 bits per heavy atom. The smallest absolute Gasteiger partial charge is 0.117 e. The molecule has 4 aliphatic rings. The van der Waals surface area contributed by atoms with Crippen LogP contribution < -0.4 is 0 Å². The molecule has 2 aromatic carbocycles. The molecule has 0 aliphatic heterocycles. The first-order chi connectivity index (χ1) is 17.3. The summed E-state index contributed by atoms with van der Waals surface area (Å²) in [5.41, 5.74) is 3.13. The Morgan fingerprint density at radius 1 is 0.833 bits per heavy atom. The average molecular weight is 485 g/mol. The van der Waals surface area contributed by atoms with E-state index in [9.17, 15) is 10.2 Å². The summed E-state index contributed by atoms with van der Waals surface area (Å²) in [6.07, 6.45) is 11.6. The number of hydrogen-bond donors (Lipinski definition) is 2. The third kappa shape index (κ3) is 3.51. The van der Waals surface area contributed by atoms with Crippen LogP contribution >= 0.6 is 0 Å². The van der Waals surface area contributed by atoms with Crippen molar-refractivity contribution in [2.45, 2.75) is 83.8 Å². The molecular weight excluding hydrogens is 440 g/mol. The zero-order chi connectivity index (χ0) is 25.1. The molecule has 8 atom stereocenters. The van der Waals surface area contributed by atoms with Gasteiger partial charge in [0.25, 0.3) is 0 Å². The predicted molar refractivity (Wildman–Crippen MR) is 146 cm³/mol. The largest absolute Gasteiger partial charge is 0.393 e. The van der Waals surface area contributed by atoms with Crippen molar-refractivity contribution in [1.82, 2.24) is 0 Å². The van der Waals surface area contributed by atoms with E-state index in [4.69, 9.17) is 0 Å². The fraction of sp³-hybridized carbons (Fsp3) is 0.588. The maximum absolute atomic E-state index is 12.6. The van der Waals surface area contributed by atoms with Crippen molar-refractivity contribution in [3.8, 4) is 0 Å². The zero-order valence-electron chi connectivity index (χ0n) is 22.4. The molecule has 0 aromatic heterocycles. The lowest BCUT2D eigenvalue weighted by molar-refractivity contribution is -0.0838. The van der Waals surface area contributed by atoms with Gasteiger partial charge in [-0.2, -0.15) is 0 Å². The van der Waals surface area contributed by atoms with Crippen LogP contribution in [0.25, 0.3) is 0 Å². The van der Waals surface area contributed by atoms with Gasteiger partial charge in [-0.25, -0.2) is 0 Å². The summed E-state index contributed by atoms with van der Waals surface area (Å²) >= 11 is 0. The maximum atomic E-state index is 12.6. The highest BCUT2D eigenvalue weighted by Crippen LogP contribution is 2.68. The molecule has 0 heterocycles. The summed E-state index contributed by atoms with van der Waals surface area (Å²) in [5, 5.41) is 23.0. The number of aliphatic hydroxyl groups is 2. The van der Waals surface area contributed by atoms with Gasteiger partial charge in [0.05, 0.1) is 6.10 Å². The third-order valence-electron chi connectivity index (χ3n) is 11.8. The lowest BCUT2D eigenvalue weighted by Crippen LogP contribution is -2.52. The highest BCUT2D eigenvalue weighted by molar-refractivity contribution is 5.37. The summed E-state index contributed by atoms with van der Waals surface area (Å²) in [4.78, 5) is 0. The molecule has 0 bridgehead atoms. The highest BCUT2D eigenvalue weighted by atomic mass is 16.3. The van der Waals surface area contributed by atoms with Crippen molar-refractivity contribution >= 4 is 0 Å². The van der Waals surface area contributed by atoms with Gasteiger partial charge in [0.2, 0.25) is 0 Å². The fourth-order valence-corrected chi connectivity index (χ4v) is 9.87. The second kappa shape index (κ2) is 8.84. The molecule has 2 aromatic rings. The number of fused-ring (bicyclic) bond motifs is 5. The molecule has 2 N–H and O–H groups in total. The fourth-order valence-electron chi connectivity index (χ4n) is 9.87. The van der Waals surface area contributed by atoms with Crippen molar-refractivity contribution < 1.29 is 10.2 Å². The van der Waals surface area contributed by atoms with Gasteiger partial charge in [-0.1, -0.05) is 93.1 Å². The summed E-state index contributed by atoms with van der Waals surface area (Å²) in [5.74, 6) is 2.83. The first kappa shape index (κ1) is 24.4. The van der Waals surface area contributed by atoms with Crippen LogP contribution in [0.15, 0.2) is 72.3 Å². The van der Waals surface area contributed by atoms with Crippen molar-refractivity contribution in [3.05, 3.63) is 83.4 Å². The SMILES string of the molecule is C[C@@H]([C@H]1CC[C@H]2[C@@H]3CC=C4C[C@@H](O)CC[C@]4(C)[C@H]3CC[C@]12C)C(O)(c1ccccc1)c1ccccc1. The Balaban J connectivity index is 1.34. The monoisotopic (exact) mass is 484 g/mol. The Kier molecular flexibility index (Phi) is 6.00. The topological polar surface area (TPSA) is 40.5 Å². The van der Waals surface area contributed by atoms with E-state index in [0.717, 1.165) is 48.1 Å². The van der Waals surface area contributed by atoms with Gasteiger partial charge < -0.3 is 10.2 Å². The van der Waals surface area contributed by atoms with E-state index >= 15 is 0 Å². The zero-order valence-corrected chi connectivity index (χ0v) is 22.4. The first-order valence-electron chi connectivity index (χ1n) is 14.5. The standard InChI is InChI=1S/C34H44O2/c1-23(34(36,24-10-6-4-7-11-24)25-12-8-5-9-13-25)29-16-17-30-28-15-14-26-22-27(35)18-20-32(26,2)31(28)19-21-33(29,30)3/h4-14,23,27-31,35-36H,15-22H2,1-3H3/t23-,27-,28-,29+,30-,31-,32-,33+/m0/s1. The van der Waals surface area contributed by atoms with Crippen molar-refractivity contribution in [1.29, 1.82) is 0 Å². The summed E-state index contributed by atoms with van der Waals surface area (Å²) < 4.78 is 0. The van der Waals surface area contributed by atoms with Crippen LogP contribution in [0.3, 0.4) is 0 Å². The molecule has 2 nitrogen and oxygen atoms in total. The van der Waals surface area contributed by atoms with Crippen LogP contribution in [-0.2, 0) is 5.60 Å². The molecule has 0 saturated heterocycles. The summed E-state index contributed by atoms with van der Waals surface area (Å²) in [6.45, 7) is 7.42. The quantitative estimate of drug-likeness (QED) is 0.441. The van der Waals surface area contributed by atoms with Crippen LogP contribution in [0.4, 0.5) is 0 Å². The van der Waals surface area contributed by atoms with E-state index in [0.29, 0.717) is 5.92 Å².